The molecule has 1 aromatic heterocycles. The Bertz CT molecular complexity index is 662. The molecule has 2 aromatic rings. The van der Waals surface area contributed by atoms with E-state index in [0.29, 0.717) is 5.69 Å². The fourth-order valence-electron chi connectivity index (χ4n) is 1.68. The van der Waals surface area contributed by atoms with Crippen molar-refractivity contribution in [2.24, 2.45) is 7.05 Å². The predicted octanol–water partition coefficient (Wildman–Crippen LogP) is 1.31. The highest BCUT2D eigenvalue weighted by Crippen LogP contribution is 2.27. The zero-order valence-corrected chi connectivity index (χ0v) is 11.8. The Morgan fingerprint density at radius 3 is 2.42 bits per heavy atom. The third-order valence-electron chi connectivity index (χ3n) is 2.71. The van der Waals surface area contributed by atoms with Crippen LogP contribution in [0, 0.1) is 0 Å². The maximum absolute atomic E-state index is 11.9. The van der Waals surface area contributed by atoms with Crippen molar-refractivity contribution in [1.29, 1.82) is 0 Å². The molecule has 0 spiro atoms. The van der Waals surface area contributed by atoms with Crippen LogP contribution in [0.1, 0.15) is 0 Å². The molecule has 1 aromatic carbocycles. The number of aryl methyl sites for hydroxylation is 1. The minimum atomic E-state index is -3.54. The molecule has 0 radical (unpaired) electrons. The molecule has 0 saturated carbocycles. The molecule has 0 amide bonds. The summed E-state index contributed by atoms with van der Waals surface area (Å²) in [5, 5.41) is 4.11. The van der Waals surface area contributed by atoms with Gasteiger partial charge in [-0.25, -0.2) is 0 Å². The van der Waals surface area contributed by atoms with Gasteiger partial charge in [0.05, 0.1) is 17.6 Å². The molecular weight excluding hydrogens is 264 g/mol. The SMILES string of the molecule is CN(C)S(=O)(=O)Nc1cnn(C)c1-c1ccccc1. The van der Waals surface area contributed by atoms with Crippen LogP contribution in [-0.2, 0) is 17.3 Å². The Hall–Kier alpha value is -1.86. The van der Waals surface area contributed by atoms with E-state index in [2.05, 4.69) is 9.82 Å². The molecule has 102 valence electrons. The molecule has 0 bridgehead atoms. The fourth-order valence-corrected chi connectivity index (χ4v) is 2.29. The van der Waals surface area contributed by atoms with E-state index in [1.54, 1.807) is 11.7 Å². The number of hydrogen-bond donors (Lipinski definition) is 1. The van der Waals surface area contributed by atoms with Gasteiger partial charge >= 0.3 is 10.2 Å². The lowest BCUT2D eigenvalue weighted by Crippen LogP contribution is -2.29. The van der Waals surface area contributed by atoms with E-state index in [1.807, 2.05) is 30.3 Å². The first kappa shape index (κ1) is 13.6. The molecule has 0 aliphatic heterocycles. The van der Waals surface area contributed by atoms with Crippen LogP contribution in [0.5, 0.6) is 0 Å². The monoisotopic (exact) mass is 280 g/mol. The Kier molecular flexibility index (Phi) is 3.59. The second-order valence-corrected chi connectivity index (χ2v) is 6.17. The molecular formula is C12H16N4O2S. The van der Waals surface area contributed by atoms with E-state index >= 15 is 0 Å². The van der Waals surface area contributed by atoms with E-state index < -0.39 is 10.2 Å². The molecule has 0 aliphatic carbocycles. The van der Waals surface area contributed by atoms with Gasteiger partial charge < -0.3 is 0 Å². The molecule has 0 aliphatic rings. The Labute approximate surface area is 112 Å². The summed E-state index contributed by atoms with van der Waals surface area (Å²) in [6, 6.07) is 9.51. The molecule has 0 fully saturated rings. The van der Waals surface area contributed by atoms with Crippen LogP contribution in [0.2, 0.25) is 0 Å². The first-order chi connectivity index (χ1) is 8.92. The maximum Gasteiger partial charge on any atom is 0.301 e. The number of nitrogens with zero attached hydrogens (tertiary/aromatic N) is 3. The highest BCUT2D eigenvalue weighted by Gasteiger charge is 2.18. The molecule has 1 N–H and O–H groups in total. The number of aromatic nitrogens is 2. The first-order valence-corrected chi connectivity index (χ1v) is 7.13. The van der Waals surface area contributed by atoms with Crippen molar-refractivity contribution in [3.63, 3.8) is 0 Å². The number of hydrogen-bond acceptors (Lipinski definition) is 3. The van der Waals surface area contributed by atoms with Crippen molar-refractivity contribution in [3.8, 4) is 11.3 Å². The van der Waals surface area contributed by atoms with Crippen molar-refractivity contribution in [3.05, 3.63) is 36.5 Å². The minimum absolute atomic E-state index is 0.461. The van der Waals surface area contributed by atoms with Crippen molar-refractivity contribution >= 4 is 15.9 Å². The Morgan fingerprint density at radius 2 is 1.84 bits per heavy atom. The highest BCUT2D eigenvalue weighted by atomic mass is 32.2. The molecule has 19 heavy (non-hydrogen) atoms. The van der Waals surface area contributed by atoms with Gasteiger partial charge in [-0.15, -0.1) is 0 Å². The second kappa shape index (κ2) is 5.02. The predicted molar refractivity (Wildman–Crippen MR) is 74.9 cm³/mol. The van der Waals surface area contributed by atoms with E-state index in [9.17, 15) is 8.42 Å². The lowest BCUT2D eigenvalue weighted by molar-refractivity contribution is 0.527. The maximum atomic E-state index is 11.9. The summed E-state index contributed by atoms with van der Waals surface area (Å²) in [6.45, 7) is 0. The summed E-state index contributed by atoms with van der Waals surface area (Å²) < 4.78 is 29.0. The average Bonchev–Trinajstić information content (AvgIpc) is 2.70. The quantitative estimate of drug-likeness (QED) is 0.918. The van der Waals surface area contributed by atoms with Crippen molar-refractivity contribution in [2.75, 3.05) is 18.8 Å². The number of nitrogens with one attached hydrogen (secondary N) is 1. The van der Waals surface area contributed by atoms with E-state index in [1.165, 1.54) is 20.3 Å². The normalized spacial score (nSPS) is 11.8. The fraction of sp³-hybridized carbons (Fsp3) is 0.250. The molecule has 1 heterocycles. The lowest BCUT2D eigenvalue weighted by atomic mass is 10.1. The van der Waals surface area contributed by atoms with Gasteiger partial charge in [-0.3, -0.25) is 9.40 Å². The zero-order valence-electron chi connectivity index (χ0n) is 11.0. The van der Waals surface area contributed by atoms with Gasteiger partial charge in [-0.1, -0.05) is 30.3 Å². The van der Waals surface area contributed by atoms with Gasteiger partial charge in [-0.2, -0.15) is 17.8 Å². The van der Waals surface area contributed by atoms with E-state index in [0.717, 1.165) is 15.6 Å². The molecule has 0 unspecified atom stereocenters. The number of benzene rings is 1. The lowest BCUT2D eigenvalue weighted by Gasteiger charge is -2.13. The number of rotatable bonds is 4. The van der Waals surface area contributed by atoms with Crippen LogP contribution in [-0.4, -0.2) is 36.6 Å². The van der Waals surface area contributed by atoms with Crippen molar-refractivity contribution in [2.45, 2.75) is 0 Å². The van der Waals surface area contributed by atoms with Crippen molar-refractivity contribution < 1.29 is 8.42 Å². The van der Waals surface area contributed by atoms with Gasteiger partial charge in [0, 0.05) is 26.7 Å². The van der Waals surface area contributed by atoms with Crippen LogP contribution in [0.4, 0.5) is 5.69 Å². The summed E-state index contributed by atoms with van der Waals surface area (Å²) in [5.41, 5.74) is 2.09. The third kappa shape index (κ3) is 2.77. The van der Waals surface area contributed by atoms with Crippen LogP contribution >= 0.6 is 0 Å². The summed E-state index contributed by atoms with van der Waals surface area (Å²) >= 11 is 0. The van der Waals surface area contributed by atoms with Crippen LogP contribution in [0.15, 0.2) is 36.5 Å². The van der Waals surface area contributed by atoms with Crippen LogP contribution < -0.4 is 4.72 Å². The average molecular weight is 280 g/mol. The smallest absolute Gasteiger partial charge is 0.267 e. The van der Waals surface area contributed by atoms with Gasteiger partial charge in [0.15, 0.2) is 0 Å². The van der Waals surface area contributed by atoms with Gasteiger partial charge in [0.2, 0.25) is 0 Å². The van der Waals surface area contributed by atoms with Crippen LogP contribution in [0.25, 0.3) is 11.3 Å². The summed E-state index contributed by atoms with van der Waals surface area (Å²) in [5.74, 6) is 0. The Balaban J connectivity index is 2.45. The topological polar surface area (TPSA) is 67.2 Å². The Morgan fingerprint density at radius 1 is 1.21 bits per heavy atom. The zero-order chi connectivity index (χ0) is 14.0. The summed E-state index contributed by atoms with van der Waals surface area (Å²) in [4.78, 5) is 0. The van der Waals surface area contributed by atoms with Gasteiger partial charge in [0.25, 0.3) is 0 Å². The highest BCUT2D eigenvalue weighted by molar-refractivity contribution is 7.90. The van der Waals surface area contributed by atoms with Gasteiger partial charge in [-0.05, 0) is 0 Å². The largest absolute Gasteiger partial charge is 0.301 e. The molecule has 2 rings (SSSR count). The molecule has 0 atom stereocenters. The minimum Gasteiger partial charge on any atom is -0.267 e. The van der Waals surface area contributed by atoms with E-state index in [-0.39, 0.29) is 0 Å². The third-order valence-corrected chi connectivity index (χ3v) is 4.14. The van der Waals surface area contributed by atoms with Crippen LogP contribution in [0.3, 0.4) is 0 Å². The first-order valence-electron chi connectivity index (χ1n) is 5.69. The molecule has 7 heteroatoms. The standard InChI is InChI=1S/C12H16N4O2S/c1-15(2)19(17,18)14-11-9-13-16(3)12(11)10-7-5-4-6-8-10/h4-9,14H,1-3H3. The second-order valence-electron chi connectivity index (χ2n) is 4.29. The molecule has 0 saturated heterocycles. The molecule has 6 nitrogen and oxygen atoms in total. The summed E-state index contributed by atoms with van der Waals surface area (Å²) in [7, 11) is 1.18. The van der Waals surface area contributed by atoms with Crippen molar-refractivity contribution in [1.82, 2.24) is 14.1 Å². The summed E-state index contributed by atoms with van der Waals surface area (Å²) in [6.07, 6.45) is 1.50. The number of anilines is 1. The van der Waals surface area contributed by atoms with E-state index in [4.69, 9.17) is 0 Å². The van der Waals surface area contributed by atoms with Gasteiger partial charge in [0.1, 0.15) is 0 Å².